The predicted molar refractivity (Wildman–Crippen MR) is 83.4 cm³/mol. The molecule has 1 aliphatic rings. The first-order valence-corrected chi connectivity index (χ1v) is 7.90. The third-order valence-electron chi connectivity index (χ3n) is 3.66. The SMILES string of the molecule is CC(OC(=O)CCCc1ccccc1)OC(=O)[C@@H]1CC(O)CN1. The summed E-state index contributed by atoms with van der Waals surface area (Å²) in [6.45, 7) is 1.88. The van der Waals surface area contributed by atoms with Gasteiger partial charge < -0.3 is 19.9 Å². The van der Waals surface area contributed by atoms with Crippen LogP contribution < -0.4 is 5.32 Å². The normalized spacial score (nSPS) is 21.7. The van der Waals surface area contributed by atoms with Gasteiger partial charge in [0.15, 0.2) is 0 Å². The van der Waals surface area contributed by atoms with Gasteiger partial charge in [-0.05, 0) is 18.4 Å². The van der Waals surface area contributed by atoms with Crippen molar-refractivity contribution in [2.24, 2.45) is 0 Å². The molecule has 0 saturated carbocycles. The van der Waals surface area contributed by atoms with Crippen LogP contribution in [0, 0.1) is 0 Å². The van der Waals surface area contributed by atoms with Crippen molar-refractivity contribution in [2.75, 3.05) is 6.54 Å². The average Bonchev–Trinajstić information content (AvgIpc) is 2.95. The van der Waals surface area contributed by atoms with Gasteiger partial charge in [-0.3, -0.25) is 9.59 Å². The topological polar surface area (TPSA) is 84.9 Å². The fourth-order valence-corrected chi connectivity index (χ4v) is 2.49. The molecule has 6 heteroatoms. The Bertz CT molecular complexity index is 519. The van der Waals surface area contributed by atoms with E-state index in [9.17, 15) is 14.7 Å². The molecule has 0 radical (unpaired) electrons. The second-order valence-corrected chi connectivity index (χ2v) is 5.68. The van der Waals surface area contributed by atoms with E-state index < -0.39 is 24.4 Å². The zero-order chi connectivity index (χ0) is 16.7. The van der Waals surface area contributed by atoms with E-state index in [2.05, 4.69) is 5.32 Å². The lowest BCUT2D eigenvalue weighted by atomic mass is 10.1. The van der Waals surface area contributed by atoms with Gasteiger partial charge in [0, 0.05) is 26.3 Å². The first-order chi connectivity index (χ1) is 11.0. The number of carbonyl (C=O) groups is 2. The van der Waals surface area contributed by atoms with Gasteiger partial charge in [0.2, 0.25) is 6.29 Å². The Labute approximate surface area is 135 Å². The van der Waals surface area contributed by atoms with Crippen LogP contribution in [0.5, 0.6) is 0 Å². The molecule has 1 heterocycles. The standard InChI is InChI=1S/C17H23NO5/c1-12(23-17(21)15-10-14(19)11-18-15)22-16(20)9-5-8-13-6-3-2-4-7-13/h2-4,6-7,12,14-15,18-19H,5,8-11H2,1H3/t12?,14?,15-/m0/s1. The van der Waals surface area contributed by atoms with Gasteiger partial charge in [-0.15, -0.1) is 0 Å². The van der Waals surface area contributed by atoms with Gasteiger partial charge in [-0.25, -0.2) is 0 Å². The van der Waals surface area contributed by atoms with Crippen LogP contribution in [0.3, 0.4) is 0 Å². The molecule has 1 fully saturated rings. The molecule has 0 spiro atoms. The Morgan fingerprint density at radius 1 is 1.30 bits per heavy atom. The molecule has 0 bridgehead atoms. The van der Waals surface area contributed by atoms with Crippen LogP contribution in [0.4, 0.5) is 0 Å². The molecular weight excluding hydrogens is 298 g/mol. The highest BCUT2D eigenvalue weighted by Crippen LogP contribution is 2.10. The number of β-amino-alcohol motifs (C(OH)–C–C–N with tert-alkyl or cyclic N) is 1. The van der Waals surface area contributed by atoms with Crippen LogP contribution in [0.1, 0.15) is 31.7 Å². The number of hydrogen-bond donors (Lipinski definition) is 2. The molecule has 2 unspecified atom stereocenters. The molecule has 23 heavy (non-hydrogen) atoms. The van der Waals surface area contributed by atoms with Crippen LogP contribution in [-0.2, 0) is 25.5 Å². The number of esters is 2. The third kappa shape index (κ3) is 6.00. The highest BCUT2D eigenvalue weighted by atomic mass is 16.7. The summed E-state index contributed by atoms with van der Waals surface area (Å²) in [6, 6.07) is 9.36. The van der Waals surface area contributed by atoms with Crippen molar-refractivity contribution in [2.45, 2.75) is 51.0 Å². The van der Waals surface area contributed by atoms with Gasteiger partial charge >= 0.3 is 11.9 Å². The molecule has 0 aliphatic carbocycles. The molecule has 126 valence electrons. The number of nitrogens with one attached hydrogen (secondary N) is 1. The Morgan fingerprint density at radius 2 is 2.04 bits per heavy atom. The molecule has 1 aliphatic heterocycles. The molecular formula is C17H23NO5. The lowest BCUT2D eigenvalue weighted by Gasteiger charge is -2.16. The van der Waals surface area contributed by atoms with Gasteiger partial charge in [0.1, 0.15) is 6.04 Å². The number of aliphatic hydroxyl groups is 1. The first kappa shape index (κ1) is 17.4. The number of rotatable bonds is 7. The van der Waals surface area contributed by atoms with E-state index in [4.69, 9.17) is 9.47 Å². The van der Waals surface area contributed by atoms with Crippen LogP contribution in [0.25, 0.3) is 0 Å². The van der Waals surface area contributed by atoms with Gasteiger partial charge in [-0.2, -0.15) is 0 Å². The summed E-state index contributed by atoms with van der Waals surface area (Å²) >= 11 is 0. The Morgan fingerprint density at radius 3 is 2.70 bits per heavy atom. The van der Waals surface area contributed by atoms with Crippen LogP contribution in [-0.4, -0.2) is 42.0 Å². The summed E-state index contributed by atoms with van der Waals surface area (Å²) in [5.74, 6) is -0.896. The summed E-state index contributed by atoms with van der Waals surface area (Å²) < 4.78 is 10.1. The fourth-order valence-electron chi connectivity index (χ4n) is 2.49. The quantitative estimate of drug-likeness (QED) is 0.579. The van der Waals surface area contributed by atoms with E-state index in [1.165, 1.54) is 12.5 Å². The number of carbonyl (C=O) groups excluding carboxylic acids is 2. The van der Waals surface area contributed by atoms with E-state index >= 15 is 0 Å². The van der Waals surface area contributed by atoms with E-state index in [1.807, 2.05) is 30.3 Å². The molecule has 6 nitrogen and oxygen atoms in total. The van der Waals surface area contributed by atoms with Gasteiger partial charge in [-0.1, -0.05) is 30.3 Å². The van der Waals surface area contributed by atoms with E-state index in [-0.39, 0.29) is 12.4 Å². The number of ether oxygens (including phenoxy) is 2. The third-order valence-corrected chi connectivity index (χ3v) is 3.66. The van der Waals surface area contributed by atoms with E-state index in [0.717, 1.165) is 6.42 Å². The maximum Gasteiger partial charge on any atom is 0.326 e. The zero-order valence-electron chi connectivity index (χ0n) is 13.2. The molecule has 2 N–H and O–H groups in total. The Hall–Kier alpha value is -1.92. The number of benzene rings is 1. The van der Waals surface area contributed by atoms with Crippen molar-refractivity contribution in [3.05, 3.63) is 35.9 Å². The average molecular weight is 321 g/mol. The molecule has 1 saturated heterocycles. The highest BCUT2D eigenvalue weighted by Gasteiger charge is 2.30. The summed E-state index contributed by atoms with van der Waals surface area (Å²) in [4.78, 5) is 23.5. The molecule has 1 aromatic rings. The first-order valence-electron chi connectivity index (χ1n) is 7.90. The molecule has 0 amide bonds. The van der Waals surface area contributed by atoms with Crippen molar-refractivity contribution < 1.29 is 24.2 Å². The van der Waals surface area contributed by atoms with Crippen molar-refractivity contribution in [1.82, 2.24) is 5.32 Å². The smallest absolute Gasteiger partial charge is 0.326 e. The largest absolute Gasteiger partial charge is 0.425 e. The fraction of sp³-hybridized carbons (Fsp3) is 0.529. The van der Waals surface area contributed by atoms with Gasteiger partial charge in [0.25, 0.3) is 0 Å². The maximum atomic E-state index is 11.8. The van der Waals surface area contributed by atoms with Crippen molar-refractivity contribution in [1.29, 1.82) is 0 Å². The number of hydrogen-bond acceptors (Lipinski definition) is 6. The lowest BCUT2D eigenvalue weighted by molar-refractivity contribution is -0.185. The lowest BCUT2D eigenvalue weighted by Crippen LogP contribution is -2.35. The summed E-state index contributed by atoms with van der Waals surface area (Å²) in [5.41, 5.74) is 1.17. The van der Waals surface area contributed by atoms with Crippen LogP contribution >= 0.6 is 0 Å². The minimum Gasteiger partial charge on any atom is -0.425 e. The summed E-state index contributed by atoms with van der Waals surface area (Å²) in [5, 5.41) is 12.2. The Balaban J connectivity index is 1.63. The second kappa shape index (κ2) is 8.64. The van der Waals surface area contributed by atoms with Crippen molar-refractivity contribution >= 4 is 11.9 Å². The van der Waals surface area contributed by atoms with E-state index in [1.54, 1.807) is 0 Å². The van der Waals surface area contributed by atoms with E-state index in [0.29, 0.717) is 19.4 Å². The monoisotopic (exact) mass is 321 g/mol. The van der Waals surface area contributed by atoms with Crippen LogP contribution in [0.2, 0.25) is 0 Å². The molecule has 3 atom stereocenters. The minimum atomic E-state index is -0.925. The minimum absolute atomic E-state index is 0.275. The molecule has 2 rings (SSSR count). The highest BCUT2D eigenvalue weighted by molar-refractivity contribution is 5.76. The maximum absolute atomic E-state index is 11.8. The number of aliphatic hydroxyl groups excluding tert-OH is 1. The molecule has 0 aromatic heterocycles. The predicted octanol–water partition coefficient (Wildman–Crippen LogP) is 1.16. The molecule has 1 aromatic carbocycles. The summed E-state index contributed by atoms with van der Waals surface area (Å²) in [6.07, 6.45) is 0.608. The second-order valence-electron chi connectivity index (χ2n) is 5.68. The van der Waals surface area contributed by atoms with Crippen molar-refractivity contribution in [3.63, 3.8) is 0 Å². The summed E-state index contributed by atoms with van der Waals surface area (Å²) in [7, 11) is 0. The van der Waals surface area contributed by atoms with Crippen molar-refractivity contribution in [3.8, 4) is 0 Å². The Kier molecular flexibility index (Phi) is 6.55. The zero-order valence-corrected chi connectivity index (χ0v) is 13.2. The number of aryl methyl sites for hydroxylation is 1. The van der Waals surface area contributed by atoms with Gasteiger partial charge in [0.05, 0.1) is 6.10 Å². The van der Waals surface area contributed by atoms with Crippen LogP contribution in [0.15, 0.2) is 30.3 Å².